The van der Waals surface area contributed by atoms with E-state index in [2.05, 4.69) is 0 Å². The normalized spacial score (nSPS) is 11.0. The maximum Gasteiger partial charge on any atom is 0.290 e. The van der Waals surface area contributed by atoms with Gasteiger partial charge in [0.2, 0.25) is 5.88 Å². The van der Waals surface area contributed by atoms with Gasteiger partial charge >= 0.3 is 0 Å². The zero-order valence-electron chi connectivity index (χ0n) is 17.9. The van der Waals surface area contributed by atoms with E-state index in [9.17, 15) is 4.79 Å². The number of rotatable bonds is 7. The lowest BCUT2D eigenvalue weighted by molar-refractivity contribution is 0.0656. The summed E-state index contributed by atoms with van der Waals surface area (Å²) in [5, 5.41) is 4.74. The van der Waals surface area contributed by atoms with Crippen LogP contribution in [0.4, 0.5) is 0 Å². The van der Waals surface area contributed by atoms with Crippen LogP contribution in [0, 0.1) is 6.92 Å². The van der Waals surface area contributed by atoms with Gasteiger partial charge in [-0.05, 0) is 57.2 Å². The molecule has 31 heavy (non-hydrogen) atoms. The highest BCUT2D eigenvalue weighted by Gasteiger charge is 2.27. The largest absolute Gasteiger partial charge is 0.459 e. The second-order valence-electron chi connectivity index (χ2n) is 7.54. The van der Waals surface area contributed by atoms with Gasteiger partial charge in [0.1, 0.15) is 5.75 Å². The molecule has 6 heteroatoms. The first-order chi connectivity index (χ1) is 15.0. The lowest BCUT2D eigenvalue weighted by Gasteiger charge is -2.26. The lowest BCUT2D eigenvalue weighted by atomic mass is 10.2. The summed E-state index contributed by atoms with van der Waals surface area (Å²) in [7, 11) is 0. The van der Waals surface area contributed by atoms with Gasteiger partial charge in [-0.1, -0.05) is 36.4 Å². The number of aryl methyl sites for hydroxylation is 1. The van der Waals surface area contributed by atoms with Crippen LogP contribution < -0.4 is 4.74 Å². The van der Waals surface area contributed by atoms with Gasteiger partial charge in [-0.3, -0.25) is 4.79 Å². The molecule has 0 fully saturated rings. The monoisotopic (exact) mass is 415 g/mol. The van der Waals surface area contributed by atoms with Crippen molar-refractivity contribution in [1.29, 1.82) is 0 Å². The molecule has 158 valence electrons. The van der Waals surface area contributed by atoms with Crippen molar-refractivity contribution in [3.05, 3.63) is 96.1 Å². The minimum Gasteiger partial charge on any atom is -0.459 e. The molecule has 0 N–H and O–H groups in total. The Morgan fingerprint density at radius 3 is 2.32 bits per heavy atom. The summed E-state index contributed by atoms with van der Waals surface area (Å²) in [4.78, 5) is 14.8. The molecular weight excluding hydrogens is 390 g/mol. The Morgan fingerprint density at radius 2 is 1.71 bits per heavy atom. The smallest absolute Gasteiger partial charge is 0.290 e. The minimum atomic E-state index is -0.169. The molecule has 1 amide bonds. The summed E-state index contributed by atoms with van der Waals surface area (Å²) in [6.45, 7) is 6.24. The van der Waals surface area contributed by atoms with Crippen molar-refractivity contribution in [3.8, 4) is 17.3 Å². The zero-order chi connectivity index (χ0) is 21.8. The van der Waals surface area contributed by atoms with Crippen LogP contribution in [0.1, 0.15) is 35.7 Å². The molecule has 4 aromatic rings. The van der Waals surface area contributed by atoms with Crippen LogP contribution in [0.3, 0.4) is 0 Å². The van der Waals surface area contributed by atoms with E-state index in [0.29, 0.717) is 23.9 Å². The van der Waals surface area contributed by atoms with Gasteiger partial charge in [-0.25, -0.2) is 4.68 Å². The lowest BCUT2D eigenvalue weighted by Crippen LogP contribution is -2.36. The Kier molecular flexibility index (Phi) is 5.89. The summed E-state index contributed by atoms with van der Waals surface area (Å²) >= 11 is 0. The number of carbonyl (C=O) groups is 1. The van der Waals surface area contributed by atoms with Gasteiger partial charge in [-0.2, -0.15) is 5.10 Å². The van der Waals surface area contributed by atoms with E-state index >= 15 is 0 Å². The quantitative estimate of drug-likeness (QED) is 0.393. The molecule has 0 unspecified atom stereocenters. The fourth-order valence-electron chi connectivity index (χ4n) is 3.37. The fraction of sp³-hybridized carbons (Fsp3) is 0.200. The summed E-state index contributed by atoms with van der Waals surface area (Å²) < 4.78 is 13.4. The SMILES string of the molecule is Cc1nn(-c2ccccc2)c(Oc2ccccc2)c1CN(C(=O)c1ccco1)C(C)C. The van der Waals surface area contributed by atoms with Crippen LogP contribution in [0.5, 0.6) is 11.6 Å². The van der Waals surface area contributed by atoms with E-state index in [1.807, 2.05) is 81.4 Å². The summed E-state index contributed by atoms with van der Waals surface area (Å²) in [6, 6.07) is 22.8. The summed E-state index contributed by atoms with van der Waals surface area (Å²) in [5.41, 5.74) is 2.53. The van der Waals surface area contributed by atoms with Crippen molar-refractivity contribution in [1.82, 2.24) is 14.7 Å². The molecule has 2 aromatic heterocycles. The zero-order valence-corrected chi connectivity index (χ0v) is 17.9. The van der Waals surface area contributed by atoms with E-state index < -0.39 is 0 Å². The second-order valence-corrected chi connectivity index (χ2v) is 7.54. The van der Waals surface area contributed by atoms with Crippen molar-refractivity contribution in [2.75, 3.05) is 0 Å². The first-order valence-electron chi connectivity index (χ1n) is 10.3. The first kappa shape index (κ1) is 20.5. The molecule has 0 aliphatic rings. The van der Waals surface area contributed by atoms with Crippen LogP contribution in [-0.4, -0.2) is 26.6 Å². The number of ether oxygens (including phenoxy) is 1. The molecule has 0 atom stereocenters. The van der Waals surface area contributed by atoms with Crippen molar-refractivity contribution in [2.45, 2.75) is 33.4 Å². The topological polar surface area (TPSA) is 60.5 Å². The molecule has 0 saturated carbocycles. The third-order valence-corrected chi connectivity index (χ3v) is 5.04. The molecule has 0 saturated heterocycles. The standard InChI is InChI=1S/C25H25N3O3/c1-18(2)27(24(29)23-15-10-16-30-23)17-22-19(3)26-28(20-11-6-4-7-12-20)25(22)31-21-13-8-5-9-14-21/h4-16,18H,17H2,1-3H3. The molecule has 0 aliphatic carbocycles. The molecule has 4 rings (SSSR count). The Balaban J connectivity index is 1.77. The highest BCUT2D eigenvalue weighted by atomic mass is 16.5. The van der Waals surface area contributed by atoms with Crippen LogP contribution in [0.2, 0.25) is 0 Å². The number of amides is 1. The Labute approximate surface area is 181 Å². The predicted molar refractivity (Wildman–Crippen MR) is 119 cm³/mol. The average Bonchev–Trinajstić information content (AvgIpc) is 3.42. The highest BCUT2D eigenvalue weighted by molar-refractivity contribution is 5.91. The Morgan fingerprint density at radius 1 is 1.03 bits per heavy atom. The van der Waals surface area contributed by atoms with E-state index in [4.69, 9.17) is 14.3 Å². The highest BCUT2D eigenvalue weighted by Crippen LogP contribution is 2.32. The minimum absolute atomic E-state index is 0.0401. The number of aromatic nitrogens is 2. The van der Waals surface area contributed by atoms with Crippen LogP contribution in [-0.2, 0) is 6.54 Å². The molecule has 2 heterocycles. The number of benzene rings is 2. The third-order valence-electron chi connectivity index (χ3n) is 5.04. The molecular formula is C25H25N3O3. The first-order valence-corrected chi connectivity index (χ1v) is 10.3. The van der Waals surface area contributed by atoms with Gasteiger partial charge < -0.3 is 14.1 Å². The van der Waals surface area contributed by atoms with Gasteiger partial charge in [0.25, 0.3) is 5.91 Å². The Hall–Kier alpha value is -3.80. The van der Waals surface area contributed by atoms with Gasteiger partial charge in [-0.15, -0.1) is 0 Å². The van der Waals surface area contributed by atoms with E-state index in [1.165, 1.54) is 6.26 Å². The van der Waals surface area contributed by atoms with Crippen molar-refractivity contribution in [3.63, 3.8) is 0 Å². The third kappa shape index (κ3) is 4.38. The fourth-order valence-corrected chi connectivity index (χ4v) is 3.37. The predicted octanol–water partition coefficient (Wildman–Crippen LogP) is 5.62. The number of hydrogen-bond donors (Lipinski definition) is 0. The molecule has 6 nitrogen and oxygen atoms in total. The van der Waals surface area contributed by atoms with Crippen LogP contribution in [0.25, 0.3) is 5.69 Å². The van der Waals surface area contributed by atoms with Crippen LogP contribution in [0.15, 0.2) is 83.5 Å². The van der Waals surface area contributed by atoms with Crippen LogP contribution >= 0.6 is 0 Å². The van der Waals surface area contributed by atoms with Gasteiger partial charge in [0.05, 0.1) is 29.8 Å². The maximum atomic E-state index is 13.1. The summed E-state index contributed by atoms with van der Waals surface area (Å²) in [5.74, 6) is 1.44. The molecule has 0 radical (unpaired) electrons. The number of nitrogens with zero attached hydrogens (tertiary/aromatic N) is 3. The maximum absolute atomic E-state index is 13.1. The number of furan rings is 1. The van der Waals surface area contributed by atoms with E-state index in [1.54, 1.807) is 21.7 Å². The van der Waals surface area contributed by atoms with Gasteiger partial charge in [0.15, 0.2) is 5.76 Å². The van der Waals surface area contributed by atoms with E-state index in [0.717, 1.165) is 16.9 Å². The van der Waals surface area contributed by atoms with Crippen molar-refractivity contribution in [2.24, 2.45) is 0 Å². The number of carbonyl (C=O) groups excluding carboxylic acids is 1. The van der Waals surface area contributed by atoms with Crippen molar-refractivity contribution >= 4 is 5.91 Å². The van der Waals surface area contributed by atoms with E-state index in [-0.39, 0.29) is 11.9 Å². The Bertz CT molecular complexity index is 1130. The molecule has 2 aromatic carbocycles. The molecule has 0 bridgehead atoms. The molecule has 0 aliphatic heterocycles. The number of para-hydroxylation sites is 2. The summed E-state index contributed by atoms with van der Waals surface area (Å²) in [6.07, 6.45) is 1.51. The molecule has 0 spiro atoms. The number of hydrogen-bond acceptors (Lipinski definition) is 4. The average molecular weight is 415 g/mol. The van der Waals surface area contributed by atoms with Crippen molar-refractivity contribution < 1.29 is 13.9 Å². The van der Waals surface area contributed by atoms with Gasteiger partial charge in [0, 0.05) is 6.04 Å². The second kappa shape index (κ2) is 8.92.